The molecular weight excluding hydrogens is 226 g/mol. The van der Waals surface area contributed by atoms with E-state index in [0.717, 1.165) is 5.75 Å². The molecule has 0 aliphatic carbocycles. The Labute approximate surface area is 107 Å². The van der Waals surface area contributed by atoms with E-state index < -0.39 is 0 Å². The number of nitrogens with two attached hydrogens (primary N) is 1. The average Bonchev–Trinajstić information content (AvgIpc) is 2.45. The highest BCUT2D eigenvalue weighted by Crippen LogP contribution is 2.21. The second kappa shape index (κ2) is 6.79. The summed E-state index contributed by atoms with van der Waals surface area (Å²) in [6, 6.07) is 18.3. The lowest BCUT2D eigenvalue weighted by atomic mass is 10.1. The third kappa shape index (κ3) is 3.58. The van der Waals surface area contributed by atoms with E-state index in [2.05, 4.69) is 24.3 Å². The van der Waals surface area contributed by atoms with Crippen LogP contribution >= 0.6 is 0 Å². The predicted molar refractivity (Wildman–Crippen MR) is 72.4 cm³/mol. The first-order chi connectivity index (χ1) is 8.90. The van der Waals surface area contributed by atoms with Crippen molar-refractivity contribution in [1.82, 2.24) is 0 Å². The Balaban J connectivity index is 1.94. The molecule has 0 aromatic heterocycles. The molecular formula is C15H17NO2. The van der Waals surface area contributed by atoms with Gasteiger partial charge in [0.1, 0.15) is 12.4 Å². The maximum absolute atomic E-state index is 5.52. The van der Waals surface area contributed by atoms with Crippen molar-refractivity contribution in [2.24, 2.45) is 5.73 Å². The first-order valence-corrected chi connectivity index (χ1v) is 5.96. The van der Waals surface area contributed by atoms with Gasteiger partial charge in [-0.25, -0.2) is 0 Å². The van der Waals surface area contributed by atoms with Crippen LogP contribution in [-0.4, -0.2) is 19.9 Å². The first kappa shape index (κ1) is 12.6. The highest BCUT2D eigenvalue weighted by atomic mass is 16.5. The van der Waals surface area contributed by atoms with Crippen molar-refractivity contribution in [2.75, 3.05) is 19.9 Å². The van der Waals surface area contributed by atoms with E-state index in [4.69, 9.17) is 15.2 Å². The Bertz CT molecular complexity index is 454. The molecule has 0 unspecified atom stereocenters. The molecule has 2 aromatic rings. The highest BCUT2D eigenvalue weighted by Gasteiger charge is 1.97. The highest BCUT2D eigenvalue weighted by molar-refractivity contribution is 5.63. The molecule has 94 valence electrons. The lowest BCUT2D eigenvalue weighted by molar-refractivity contribution is 0.105. The van der Waals surface area contributed by atoms with Gasteiger partial charge in [-0.1, -0.05) is 42.5 Å². The van der Waals surface area contributed by atoms with Gasteiger partial charge in [0.05, 0.1) is 13.3 Å². The molecule has 0 saturated carbocycles. The van der Waals surface area contributed by atoms with E-state index in [9.17, 15) is 0 Å². The van der Waals surface area contributed by atoms with Gasteiger partial charge in [0.25, 0.3) is 0 Å². The lowest BCUT2D eigenvalue weighted by Crippen LogP contribution is -2.11. The number of hydrogen-bond acceptors (Lipinski definition) is 3. The maximum atomic E-state index is 5.52. The van der Waals surface area contributed by atoms with Gasteiger partial charge in [0.15, 0.2) is 0 Å². The van der Waals surface area contributed by atoms with Crippen molar-refractivity contribution >= 4 is 0 Å². The van der Waals surface area contributed by atoms with Crippen molar-refractivity contribution in [3.05, 3.63) is 54.6 Å². The summed E-state index contributed by atoms with van der Waals surface area (Å²) in [6.07, 6.45) is 0. The van der Waals surface area contributed by atoms with Crippen LogP contribution in [0.3, 0.4) is 0 Å². The molecule has 0 heterocycles. The van der Waals surface area contributed by atoms with E-state index in [1.165, 1.54) is 11.1 Å². The molecule has 18 heavy (non-hydrogen) atoms. The standard InChI is InChI=1S/C15H17NO2/c16-12-17-10-11-18-15-8-6-14(7-9-15)13-4-2-1-3-5-13/h1-9H,10-12,16H2. The van der Waals surface area contributed by atoms with Gasteiger partial charge in [0, 0.05) is 0 Å². The molecule has 2 aromatic carbocycles. The molecule has 2 N–H and O–H groups in total. The van der Waals surface area contributed by atoms with Crippen LogP contribution in [0.4, 0.5) is 0 Å². The molecule has 0 atom stereocenters. The largest absolute Gasteiger partial charge is 0.491 e. The van der Waals surface area contributed by atoms with Crippen LogP contribution in [0.1, 0.15) is 0 Å². The fourth-order valence-electron chi connectivity index (χ4n) is 1.68. The summed E-state index contributed by atoms with van der Waals surface area (Å²) in [5.74, 6) is 0.843. The lowest BCUT2D eigenvalue weighted by Gasteiger charge is -2.07. The van der Waals surface area contributed by atoms with Crippen molar-refractivity contribution in [1.29, 1.82) is 0 Å². The molecule has 3 heteroatoms. The molecule has 0 fully saturated rings. The van der Waals surface area contributed by atoms with Gasteiger partial charge in [-0.3, -0.25) is 0 Å². The van der Waals surface area contributed by atoms with E-state index in [1.54, 1.807) is 0 Å². The summed E-state index contributed by atoms with van der Waals surface area (Å²) >= 11 is 0. The minimum atomic E-state index is 0.232. The van der Waals surface area contributed by atoms with Gasteiger partial charge < -0.3 is 15.2 Å². The normalized spacial score (nSPS) is 10.3. The average molecular weight is 243 g/mol. The number of hydrogen-bond donors (Lipinski definition) is 1. The SMILES string of the molecule is NCOCCOc1ccc(-c2ccccc2)cc1. The Morgan fingerprint density at radius 1 is 0.778 bits per heavy atom. The Hall–Kier alpha value is -1.84. The van der Waals surface area contributed by atoms with Crippen molar-refractivity contribution in [3.63, 3.8) is 0 Å². The Kier molecular flexibility index (Phi) is 4.76. The summed E-state index contributed by atoms with van der Waals surface area (Å²) in [5.41, 5.74) is 7.60. The second-order valence-corrected chi connectivity index (χ2v) is 3.81. The predicted octanol–water partition coefficient (Wildman–Crippen LogP) is 2.67. The van der Waals surface area contributed by atoms with E-state index in [1.807, 2.05) is 30.3 Å². The zero-order chi connectivity index (χ0) is 12.6. The minimum absolute atomic E-state index is 0.232. The van der Waals surface area contributed by atoms with E-state index in [0.29, 0.717) is 13.2 Å². The monoisotopic (exact) mass is 243 g/mol. The molecule has 2 rings (SSSR count). The van der Waals surface area contributed by atoms with E-state index in [-0.39, 0.29) is 6.73 Å². The van der Waals surface area contributed by atoms with Crippen LogP contribution in [0.25, 0.3) is 11.1 Å². The third-order valence-electron chi connectivity index (χ3n) is 2.58. The number of rotatable bonds is 6. The van der Waals surface area contributed by atoms with Crippen LogP contribution < -0.4 is 10.5 Å². The van der Waals surface area contributed by atoms with Gasteiger partial charge >= 0.3 is 0 Å². The zero-order valence-electron chi connectivity index (χ0n) is 10.2. The fourth-order valence-corrected chi connectivity index (χ4v) is 1.68. The van der Waals surface area contributed by atoms with Crippen molar-refractivity contribution in [3.8, 4) is 16.9 Å². The van der Waals surface area contributed by atoms with Gasteiger partial charge in [-0.05, 0) is 23.3 Å². The molecule has 0 bridgehead atoms. The minimum Gasteiger partial charge on any atom is -0.491 e. The molecule has 0 amide bonds. The van der Waals surface area contributed by atoms with Crippen LogP contribution in [0.2, 0.25) is 0 Å². The zero-order valence-corrected chi connectivity index (χ0v) is 10.2. The van der Waals surface area contributed by atoms with Gasteiger partial charge in [-0.15, -0.1) is 0 Å². The van der Waals surface area contributed by atoms with E-state index >= 15 is 0 Å². The molecule has 0 aliphatic rings. The number of benzene rings is 2. The van der Waals surface area contributed by atoms with Crippen LogP contribution in [0.5, 0.6) is 5.75 Å². The third-order valence-corrected chi connectivity index (χ3v) is 2.58. The van der Waals surface area contributed by atoms with Crippen LogP contribution in [-0.2, 0) is 4.74 Å². The van der Waals surface area contributed by atoms with Gasteiger partial charge in [0.2, 0.25) is 0 Å². The second-order valence-electron chi connectivity index (χ2n) is 3.81. The summed E-state index contributed by atoms with van der Waals surface area (Å²) in [6.45, 7) is 1.26. The van der Waals surface area contributed by atoms with Crippen LogP contribution in [0.15, 0.2) is 54.6 Å². The quantitative estimate of drug-likeness (QED) is 0.626. The van der Waals surface area contributed by atoms with Crippen molar-refractivity contribution < 1.29 is 9.47 Å². The molecule has 0 aliphatic heterocycles. The topological polar surface area (TPSA) is 44.5 Å². The summed E-state index contributed by atoms with van der Waals surface area (Å²) in [5, 5.41) is 0. The molecule has 0 spiro atoms. The molecule has 0 saturated heterocycles. The smallest absolute Gasteiger partial charge is 0.119 e. The fraction of sp³-hybridized carbons (Fsp3) is 0.200. The summed E-state index contributed by atoms with van der Waals surface area (Å²) in [4.78, 5) is 0. The number of ether oxygens (including phenoxy) is 2. The van der Waals surface area contributed by atoms with Crippen LogP contribution in [0, 0.1) is 0 Å². The first-order valence-electron chi connectivity index (χ1n) is 5.96. The van der Waals surface area contributed by atoms with Crippen molar-refractivity contribution in [2.45, 2.75) is 0 Å². The molecule has 3 nitrogen and oxygen atoms in total. The van der Waals surface area contributed by atoms with Gasteiger partial charge in [-0.2, -0.15) is 0 Å². The summed E-state index contributed by atoms with van der Waals surface area (Å²) < 4.78 is 10.5. The maximum Gasteiger partial charge on any atom is 0.119 e. The Morgan fingerprint density at radius 3 is 2.11 bits per heavy atom. The Morgan fingerprint density at radius 2 is 1.44 bits per heavy atom. The molecule has 0 radical (unpaired) electrons. The summed E-state index contributed by atoms with van der Waals surface area (Å²) in [7, 11) is 0.